The van der Waals surface area contributed by atoms with Gasteiger partial charge in [-0.15, -0.1) is 0 Å². The summed E-state index contributed by atoms with van der Waals surface area (Å²) in [7, 11) is 4.10. The average molecular weight is 155 g/mol. The first-order chi connectivity index (χ1) is 4.95. The lowest BCUT2D eigenvalue weighted by Gasteiger charge is -2.21. The van der Waals surface area contributed by atoms with Gasteiger partial charge in [0.2, 0.25) is 0 Å². The van der Waals surface area contributed by atoms with Crippen molar-refractivity contribution >= 4 is 0 Å². The Hall–Kier alpha value is -0.460. The Morgan fingerprint density at radius 3 is 2.00 bits per heavy atom. The van der Waals surface area contributed by atoms with E-state index in [9.17, 15) is 0 Å². The summed E-state index contributed by atoms with van der Waals surface area (Å²) >= 11 is 0. The molecule has 11 heavy (non-hydrogen) atoms. The van der Waals surface area contributed by atoms with E-state index in [1.807, 2.05) is 0 Å². The zero-order chi connectivity index (χ0) is 9.02. The second-order valence-corrected chi connectivity index (χ2v) is 3.89. The fourth-order valence-electron chi connectivity index (χ4n) is 0.790. The van der Waals surface area contributed by atoms with E-state index in [0.29, 0.717) is 0 Å². The molecule has 0 radical (unpaired) electrons. The van der Waals surface area contributed by atoms with Crippen LogP contribution >= 0.6 is 0 Å². The second-order valence-electron chi connectivity index (χ2n) is 3.89. The second kappa shape index (κ2) is 4.42. The molecule has 1 atom stereocenters. The maximum Gasteiger partial charge on any atom is 0.00579 e. The monoisotopic (exact) mass is 155 g/mol. The summed E-state index contributed by atoms with van der Waals surface area (Å²) in [6, 6.07) is 0. The van der Waals surface area contributed by atoms with Gasteiger partial charge in [0, 0.05) is 19.8 Å². The quantitative estimate of drug-likeness (QED) is 0.603. The standard InChI is InChI=1S/C10H21N/c1-8(2)9(3)7-10(4)11(5)6/h8-9H,4,7H2,1-3,5-6H3. The lowest BCUT2D eigenvalue weighted by molar-refractivity contribution is 0.371. The molecule has 0 saturated heterocycles. The molecule has 0 aromatic heterocycles. The Balaban J connectivity index is 3.76. The fourth-order valence-corrected chi connectivity index (χ4v) is 0.790. The molecule has 0 fully saturated rings. The van der Waals surface area contributed by atoms with Crippen LogP contribution < -0.4 is 0 Å². The minimum absolute atomic E-state index is 0.741. The Kier molecular flexibility index (Phi) is 4.24. The first kappa shape index (κ1) is 10.5. The normalized spacial score (nSPS) is 13.3. The molecule has 0 bridgehead atoms. The highest BCUT2D eigenvalue weighted by atomic mass is 15.1. The van der Waals surface area contributed by atoms with Crippen LogP contribution in [0.15, 0.2) is 12.3 Å². The Bertz CT molecular complexity index is 125. The number of hydrogen-bond donors (Lipinski definition) is 0. The maximum atomic E-state index is 4.00. The molecule has 1 unspecified atom stereocenters. The average Bonchev–Trinajstić information content (AvgIpc) is 1.87. The Labute approximate surface area is 71.1 Å². The van der Waals surface area contributed by atoms with E-state index < -0.39 is 0 Å². The van der Waals surface area contributed by atoms with Gasteiger partial charge in [0.15, 0.2) is 0 Å². The van der Waals surface area contributed by atoms with E-state index in [4.69, 9.17) is 0 Å². The van der Waals surface area contributed by atoms with Crippen LogP contribution in [0.25, 0.3) is 0 Å². The Morgan fingerprint density at radius 2 is 1.73 bits per heavy atom. The van der Waals surface area contributed by atoms with E-state index in [0.717, 1.165) is 18.3 Å². The van der Waals surface area contributed by atoms with E-state index in [2.05, 4.69) is 46.3 Å². The minimum Gasteiger partial charge on any atom is -0.381 e. The van der Waals surface area contributed by atoms with Crippen LogP contribution in [0.5, 0.6) is 0 Å². The molecule has 1 heteroatoms. The SMILES string of the molecule is C=C(CC(C)C(C)C)N(C)C. The summed E-state index contributed by atoms with van der Waals surface area (Å²) in [5.74, 6) is 1.50. The van der Waals surface area contributed by atoms with Crippen molar-refractivity contribution in [2.24, 2.45) is 11.8 Å². The van der Waals surface area contributed by atoms with Gasteiger partial charge in [0.1, 0.15) is 0 Å². The van der Waals surface area contributed by atoms with Crippen LogP contribution in [0.3, 0.4) is 0 Å². The van der Waals surface area contributed by atoms with E-state index in [1.165, 1.54) is 5.70 Å². The highest BCUT2D eigenvalue weighted by Crippen LogP contribution is 2.18. The van der Waals surface area contributed by atoms with Crippen molar-refractivity contribution < 1.29 is 0 Å². The van der Waals surface area contributed by atoms with Crippen molar-refractivity contribution in [3.63, 3.8) is 0 Å². The molecule has 0 aliphatic heterocycles. The van der Waals surface area contributed by atoms with Gasteiger partial charge >= 0.3 is 0 Å². The van der Waals surface area contributed by atoms with Crippen LogP contribution in [0.1, 0.15) is 27.2 Å². The molecule has 0 spiro atoms. The smallest absolute Gasteiger partial charge is 0.00579 e. The maximum absolute atomic E-state index is 4.00. The van der Waals surface area contributed by atoms with Crippen LogP contribution in [0.2, 0.25) is 0 Å². The summed E-state index contributed by atoms with van der Waals surface area (Å²) in [6.07, 6.45) is 1.12. The number of hydrogen-bond acceptors (Lipinski definition) is 1. The summed E-state index contributed by atoms with van der Waals surface area (Å²) in [6.45, 7) is 10.8. The molecule has 0 amide bonds. The van der Waals surface area contributed by atoms with Gasteiger partial charge in [-0.05, 0) is 18.3 Å². The third-order valence-corrected chi connectivity index (χ3v) is 2.33. The molecular formula is C10H21N. The van der Waals surface area contributed by atoms with Crippen molar-refractivity contribution in [1.29, 1.82) is 0 Å². The lowest BCUT2D eigenvalue weighted by atomic mass is 9.93. The van der Waals surface area contributed by atoms with Gasteiger partial charge in [0.25, 0.3) is 0 Å². The van der Waals surface area contributed by atoms with E-state index in [1.54, 1.807) is 0 Å². The van der Waals surface area contributed by atoms with Gasteiger partial charge in [0.05, 0.1) is 0 Å². The minimum atomic E-state index is 0.741. The molecule has 0 heterocycles. The summed E-state index contributed by atoms with van der Waals surface area (Å²) in [4.78, 5) is 2.10. The first-order valence-electron chi connectivity index (χ1n) is 4.30. The first-order valence-corrected chi connectivity index (χ1v) is 4.30. The predicted molar refractivity (Wildman–Crippen MR) is 51.4 cm³/mol. The summed E-state index contributed by atoms with van der Waals surface area (Å²) < 4.78 is 0. The van der Waals surface area contributed by atoms with Gasteiger partial charge in [-0.3, -0.25) is 0 Å². The molecule has 1 nitrogen and oxygen atoms in total. The van der Waals surface area contributed by atoms with E-state index >= 15 is 0 Å². The number of nitrogens with zero attached hydrogens (tertiary/aromatic N) is 1. The predicted octanol–water partition coefficient (Wildman–Crippen LogP) is 2.74. The largest absolute Gasteiger partial charge is 0.381 e. The van der Waals surface area contributed by atoms with Crippen molar-refractivity contribution in [3.05, 3.63) is 12.3 Å². The third-order valence-electron chi connectivity index (χ3n) is 2.33. The molecule has 0 rings (SSSR count). The summed E-state index contributed by atoms with van der Waals surface area (Å²) in [5, 5.41) is 0. The third kappa shape index (κ3) is 4.07. The Morgan fingerprint density at radius 1 is 1.27 bits per heavy atom. The molecule has 0 saturated carbocycles. The highest BCUT2D eigenvalue weighted by Gasteiger charge is 2.08. The molecule has 0 aliphatic carbocycles. The van der Waals surface area contributed by atoms with Crippen LogP contribution in [-0.2, 0) is 0 Å². The number of allylic oxidation sites excluding steroid dienone is 1. The molecule has 66 valence electrons. The molecule has 0 aromatic carbocycles. The van der Waals surface area contributed by atoms with Gasteiger partial charge < -0.3 is 4.90 Å². The van der Waals surface area contributed by atoms with Crippen molar-refractivity contribution in [2.45, 2.75) is 27.2 Å². The molecule has 0 N–H and O–H groups in total. The van der Waals surface area contributed by atoms with Crippen molar-refractivity contribution in [2.75, 3.05) is 14.1 Å². The topological polar surface area (TPSA) is 3.24 Å². The fraction of sp³-hybridized carbons (Fsp3) is 0.800. The highest BCUT2D eigenvalue weighted by molar-refractivity contribution is 4.92. The number of rotatable bonds is 4. The molecular weight excluding hydrogens is 134 g/mol. The lowest BCUT2D eigenvalue weighted by Crippen LogP contribution is -2.14. The molecule has 0 aliphatic rings. The van der Waals surface area contributed by atoms with Crippen LogP contribution in [0.4, 0.5) is 0 Å². The van der Waals surface area contributed by atoms with Crippen LogP contribution in [-0.4, -0.2) is 19.0 Å². The molecule has 0 aromatic rings. The summed E-state index contributed by atoms with van der Waals surface area (Å²) in [5.41, 5.74) is 1.23. The van der Waals surface area contributed by atoms with Crippen molar-refractivity contribution in [3.8, 4) is 0 Å². The zero-order valence-corrected chi connectivity index (χ0v) is 8.52. The van der Waals surface area contributed by atoms with Gasteiger partial charge in [-0.1, -0.05) is 27.4 Å². The van der Waals surface area contributed by atoms with Crippen LogP contribution in [0, 0.1) is 11.8 Å². The van der Waals surface area contributed by atoms with Gasteiger partial charge in [-0.2, -0.15) is 0 Å². The van der Waals surface area contributed by atoms with E-state index in [-0.39, 0.29) is 0 Å². The zero-order valence-electron chi connectivity index (χ0n) is 8.52. The van der Waals surface area contributed by atoms with Gasteiger partial charge in [-0.25, -0.2) is 0 Å². The van der Waals surface area contributed by atoms with Crippen molar-refractivity contribution in [1.82, 2.24) is 4.90 Å².